The first-order valence-corrected chi connectivity index (χ1v) is 36.7. The number of imidazole rings is 1. The van der Waals surface area contributed by atoms with Crippen LogP contribution in [0.2, 0.25) is 0 Å². The van der Waals surface area contributed by atoms with Crippen molar-refractivity contribution in [3.05, 3.63) is 287 Å². The van der Waals surface area contributed by atoms with Crippen molar-refractivity contribution in [2.24, 2.45) is 0 Å². The molecule has 20 nitrogen and oxygen atoms in total. The van der Waals surface area contributed by atoms with E-state index in [9.17, 15) is 14.9 Å². The van der Waals surface area contributed by atoms with Gasteiger partial charge in [-0.1, -0.05) is 218 Å². The van der Waals surface area contributed by atoms with E-state index < -0.39 is 56.9 Å². The monoisotopic (exact) mass is 1440 g/mol. The third-order valence-corrected chi connectivity index (χ3v) is 22.3. The largest absolute Gasteiger partial charge is 0.515 e. The van der Waals surface area contributed by atoms with Crippen LogP contribution < -0.4 is 14.8 Å². The van der Waals surface area contributed by atoms with Gasteiger partial charge in [0.25, 0.3) is 14.4 Å². The maximum absolute atomic E-state index is 15.4. The number of hydrogen-bond acceptors (Lipinski definition) is 18. The fourth-order valence-electron chi connectivity index (χ4n) is 15.4. The molecule has 2 aromatic heterocycles. The van der Waals surface area contributed by atoms with Gasteiger partial charge in [-0.05, 0) is 123 Å². The number of hydrogen-bond donors (Lipinski definition) is 1. The van der Waals surface area contributed by atoms with Gasteiger partial charge in [0.15, 0.2) is 17.3 Å². The van der Waals surface area contributed by atoms with Gasteiger partial charge in [-0.25, -0.2) is 24.0 Å². The number of carbonyl (C=O) groups excluding carboxylic acids is 3. The molecule has 15 rings (SSSR count). The molecule has 0 saturated carbocycles. The van der Waals surface area contributed by atoms with Gasteiger partial charge in [-0.15, -0.1) is 0 Å². The van der Waals surface area contributed by atoms with Crippen LogP contribution in [0.1, 0.15) is 108 Å². The molecule has 21 heteroatoms. The second-order valence-corrected chi connectivity index (χ2v) is 28.3. The molecule has 9 aromatic carbocycles. The molecule has 1 N–H and O–H groups in total. The van der Waals surface area contributed by atoms with Crippen molar-refractivity contribution < 1.29 is 61.3 Å². The number of methoxy groups -OCH3 is 1. The first-order chi connectivity index (χ1) is 51.9. The molecule has 536 valence electrons. The minimum absolute atomic E-state index is 0.00113. The number of fused-ring (bicyclic) bond motifs is 10. The number of benzene rings is 9. The van der Waals surface area contributed by atoms with Crippen molar-refractivity contribution in [2.75, 3.05) is 52.1 Å². The molecule has 5 atom stereocenters. The molecule has 1 saturated heterocycles. The number of ether oxygens (including phenoxy) is 8. The highest BCUT2D eigenvalue weighted by molar-refractivity contribution is 7.44. The summed E-state index contributed by atoms with van der Waals surface area (Å²) in [6.07, 6.45) is -5.41. The van der Waals surface area contributed by atoms with E-state index in [1.807, 2.05) is 246 Å². The molecule has 4 aliphatic rings. The van der Waals surface area contributed by atoms with Crippen LogP contribution in [0.3, 0.4) is 0 Å². The Morgan fingerprint density at radius 2 is 1.03 bits per heavy atom. The Bertz CT molecular complexity index is 4850. The summed E-state index contributed by atoms with van der Waals surface area (Å²) in [6.45, 7) is 7.40. The van der Waals surface area contributed by atoms with E-state index in [2.05, 4.69) is 33.2 Å². The van der Waals surface area contributed by atoms with Gasteiger partial charge in [-0.3, -0.25) is 5.32 Å². The molecular formula is C85H78N7O13P. The predicted octanol–water partition coefficient (Wildman–Crippen LogP) is 17.5. The summed E-state index contributed by atoms with van der Waals surface area (Å²) < 4.78 is 69.9. The molecular weight excluding hydrogens is 1360 g/mol. The molecule has 1 aliphatic heterocycles. The summed E-state index contributed by atoms with van der Waals surface area (Å²) >= 11 is 0. The SMILES string of the molecule is COc1ccc(C(OC[C@H]2OC[C@@H](n3cnc4c(OC(=O)OCC5c6ccccc6-c6ccccc65)nc(NC(=O)OCC5c6ccccc6-c6ccccc65)nc43)[C@H](OC(=O)OCC3c4ccccc4-c4ccccc43)[C@@H]2OP(OCCC#N)N(C(C)C)C(C)C)(c2ccccc2)c2ccccc2)cc1. The van der Waals surface area contributed by atoms with Crippen LogP contribution in [-0.2, 0) is 43.1 Å². The lowest BCUT2D eigenvalue weighted by molar-refractivity contribution is -0.183. The lowest BCUT2D eigenvalue weighted by atomic mass is 9.80. The zero-order valence-corrected chi connectivity index (χ0v) is 60.0. The maximum Gasteiger partial charge on any atom is 0.515 e. The van der Waals surface area contributed by atoms with Crippen LogP contribution in [0, 0.1) is 11.3 Å². The van der Waals surface area contributed by atoms with Gasteiger partial charge in [0.2, 0.25) is 5.95 Å². The van der Waals surface area contributed by atoms with Gasteiger partial charge in [0, 0.05) is 29.8 Å². The highest BCUT2D eigenvalue weighted by atomic mass is 31.2. The molecule has 1 unspecified atom stereocenters. The molecule has 1 amide bonds. The Kier molecular flexibility index (Phi) is 20.8. The van der Waals surface area contributed by atoms with Crippen LogP contribution in [-0.4, -0.2) is 120 Å². The first-order valence-electron chi connectivity index (χ1n) is 35.6. The van der Waals surface area contributed by atoms with E-state index in [0.29, 0.717) is 5.75 Å². The van der Waals surface area contributed by atoms with Crippen molar-refractivity contribution in [3.8, 4) is 51.1 Å². The number of amides is 1. The number of carbonyl (C=O) groups is 3. The number of aromatic nitrogens is 4. The average molecular weight is 1440 g/mol. The Morgan fingerprint density at radius 3 is 1.50 bits per heavy atom. The lowest BCUT2D eigenvalue weighted by Gasteiger charge is -2.46. The Labute approximate surface area is 615 Å². The van der Waals surface area contributed by atoms with Crippen molar-refractivity contribution in [2.45, 2.75) is 93.9 Å². The molecule has 0 bridgehead atoms. The van der Waals surface area contributed by atoms with Crippen LogP contribution in [0.25, 0.3) is 44.5 Å². The number of anilines is 1. The number of nitrogens with one attached hydrogen (secondary N) is 1. The van der Waals surface area contributed by atoms with E-state index in [4.69, 9.17) is 56.9 Å². The zero-order chi connectivity index (χ0) is 72.8. The normalized spacial score (nSPS) is 16.8. The number of nitrogens with zero attached hydrogens (tertiary/aromatic N) is 6. The zero-order valence-electron chi connectivity index (χ0n) is 59.1. The number of nitriles is 1. The Balaban J connectivity index is 0.835. The summed E-state index contributed by atoms with van der Waals surface area (Å²) in [7, 11) is -0.547. The molecule has 0 radical (unpaired) electrons. The quantitative estimate of drug-likeness (QED) is 0.0184. The third kappa shape index (κ3) is 14.0. The second-order valence-electron chi connectivity index (χ2n) is 26.9. The fraction of sp³-hybridized carbons (Fsp3) is 0.259. The van der Waals surface area contributed by atoms with Gasteiger partial charge in [-0.2, -0.15) is 15.2 Å². The van der Waals surface area contributed by atoms with Gasteiger partial charge >= 0.3 is 18.4 Å². The summed E-state index contributed by atoms with van der Waals surface area (Å²) in [5.74, 6) is -1.04. The van der Waals surface area contributed by atoms with Crippen molar-refractivity contribution in [1.82, 2.24) is 24.2 Å². The molecule has 11 aromatic rings. The maximum atomic E-state index is 15.4. The van der Waals surface area contributed by atoms with Crippen LogP contribution in [0.15, 0.2) is 237 Å². The fourth-order valence-corrected chi connectivity index (χ4v) is 17.2. The van der Waals surface area contributed by atoms with Crippen molar-refractivity contribution in [3.63, 3.8) is 0 Å². The van der Waals surface area contributed by atoms with E-state index in [-0.39, 0.29) is 98.9 Å². The van der Waals surface area contributed by atoms with Crippen molar-refractivity contribution >= 4 is 44.0 Å². The Hall–Kier alpha value is -11.1. The van der Waals surface area contributed by atoms with Crippen LogP contribution in [0.5, 0.6) is 11.6 Å². The minimum Gasteiger partial charge on any atom is -0.497 e. The average Bonchev–Trinajstić information content (AvgIpc) is 0.921. The van der Waals surface area contributed by atoms with Crippen LogP contribution in [0.4, 0.5) is 20.3 Å². The van der Waals surface area contributed by atoms with Gasteiger partial charge < -0.3 is 51.5 Å². The predicted molar refractivity (Wildman–Crippen MR) is 400 cm³/mol. The topological polar surface area (TPSA) is 226 Å². The number of rotatable bonds is 25. The van der Waals surface area contributed by atoms with Crippen LogP contribution >= 0.6 is 8.53 Å². The molecule has 3 heterocycles. The molecule has 1 fully saturated rings. The second kappa shape index (κ2) is 31.3. The van der Waals surface area contributed by atoms with E-state index >= 15 is 4.79 Å². The molecule has 0 spiro atoms. The van der Waals surface area contributed by atoms with E-state index in [1.54, 1.807) is 11.7 Å². The summed E-state index contributed by atoms with van der Waals surface area (Å²) in [6, 6.07) is 76.2. The van der Waals surface area contributed by atoms with E-state index in [1.165, 1.54) is 6.33 Å². The summed E-state index contributed by atoms with van der Waals surface area (Å²) in [5.41, 5.74) is 13.2. The lowest BCUT2D eigenvalue weighted by Crippen LogP contribution is -2.56. The van der Waals surface area contributed by atoms with Crippen molar-refractivity contribution in [1.29, 1.82) is 5.26 Å². The van der Waals surface area contributed by atoms with Gasteiger partial charge in [0.05, 0.1) is 51.8 Å². The first kappa shape index (κ1) is 70.5. The third-order valence-electron chi connectivity index (χ3n) is 20.1. The highest BCUT2D eigenvalue weighted by Crippen LogP contribution is 2.53. The van der Waals surface area contributed by atoms with E-state index in [0.717, 1.165) is 83.5 Å². The summed E-state index contributed by atoms with van der Waals surface area (Å²) in [4.78, 5) is 58.7. The smallest absolute Gasteiger partial charge is 0.497 e. The minimum atomic E-state index is -2.16. The molecule has 3 aliphatic carbocycles. The Morgan fingerprint density at radius 1 is 0.575 bits per heavy atom. The highest BCUT2D eigenvalue weighted by Gasteiger charge is 2.51. The molecule has 106 heavy (non-hydrogen) atoms. The summed E-state index contributed by atoms with van der Waals surface area (Å²) in [5, 5.41) is 12.7. The van der Waals surface area contributed by atoms with Gasteiger partial charge in [0.1, 0.15) is 43.4 Å². The standard InChI is InChI=1S/C85H78N7O13P/c1-53(2)92(54(3)4)106(102-46-24-45-86)105-78-75(51-101-85(55-25-8-6-9-26-55,56-27-10-7-11-28-56)57-41-43-58(96-5)44-42-57)97-50-74(77(78)103-83(94)99-48-72-67-37-20-14-31-61(67)62-32-15-21-38-68(62)72)91-52-87-76-79(91)88-81(90-82(93)98-47-71-65-35-18-12-29-59(65)60-30-13-19-36-66(60)71)89-80(76)104-84(95)100-49-73-69-39-22-16-33-63(69)64-34-17-23-40-70(64)73/h6-23,25-44,52-54,71-75,77-78H,24,46-51H2,1-5H3,(H,88,89,90,93)/t74-,75-,77+,78-,106?/m1/s1.